The van der Waals surface area contributed by atoms with E-state index >= 15 is 0 Å². The van der Waals surface area contributed by atoms with Gasteiger partial charge in [0, 0.05) is 18.3 Å². The molecular formula is C22H21N3O5S. The van der Waals surface area contributed by atoms with Crippen molar-refractivity contribution in [3.05, 3.63) is 89.7 Å². The Morgan fingerprint density at radius 1 is 1.00 bits per heavy atom. The zero-order valence-corrected chi connectivity index (χ0v) is 17.3. The van der Waals surface area contributed by atoms with E-state index in [9.17, 15) is 18.0 Å². The Hall–Kier alpha value is -3.72. The number of rotatable bonds is 4. The monoisotopic (exact) mass is 439 g/mol. The van der Waals surface area contributed by atoms with Gasteiger partial charge in [0.05, 0.1) is 10.6 Å². The van der Waals surface area contributed by atoms with Crippen molar-refractivity contribution in [1.29, 1.82) is 0 Å². The van der Waals surface area contributed by atoms with Gasteiger partial charge in [-0.1, -0.05) is 30.3 Å². The molecular weight excluding hydrogens is 418 g/mol. The molecule has 160 valence electrons. The lowest BCUT2D eigenvalue weighted by Crippen LogP contribution is -2.35. The largest absolute Gasteiger partial charge is 0.477 e. The van der Waals surface area contributed by atoms with Crippen molar-refractivity contribution < 1.29 is 23.1 Å². The maximum atomic E-state index is 12.9. The standard InChI is InChI=1S/C16H16N2O3S.C6H5NO2/c17-16(19)13-6-3-8-14(11-13)22(20,21)18-10-4-7-12-5-1-2-9-15(12)18;8-6(9)5-3-1-2-4-7-5/h1-3,5-6,8-9,11H,4,7,10H2,(H2,17,19);1-4H,(H,8,9). The van der Waals surface area contributed by atoms with Crippen molar-refractivity contribution in [2.75, 3.05) is 10.8 Å². The maximum Gasteiger partial charge on any atom is 0.354 e. The number of carbonyl (C=O) groups is 2. The minimum absolute atomic E-state index is 0.0810. The van der Waals surface area contributed by atoms with Crippen LogP contribution in [0.1, 0.15) is 32.8 Å². The molecule has 0 radical (unpaired) electrons. The summed E-state index contributed by atoms with van der Waals surface area (Å²) in [6.45, 7) is 0.431. The minimum atomic E-state index is -3.71. The second-order valence-electron chi connectivity index (χ2n) is 6.72. The quantitative estimate of drug-likeness (QED) is 0.643. The number of benzene rings is 2. The van der Waals surface area contributed by atoms with Crippen LogP contribution < -0.4 is 10.0 Å². The molecule has 2 heterocycles. The summed E-state index contributed by atoms with van der Waals surface area (Å²) in [6.07, 6.45) is 3.08. The number of aromatic carboxylic acids is 1. The molecule has 3 N–H and O–H groups in total. The number of aromatic nitrogens is 1. The van der Waals surface area contributed by atoms with Crippen molar-refractivity contribution in [3.63, 3.8) is 0 Å². The molecule has 0 aliphatic carbocycles. The third kappa shape index (κ3) is 5.07. The van der Waals surface area contributed by atoms with Gasteiger partial charge in [0.2, 0.25) is 5.91 Å². The van der Waals surface area contributed by atoms with E-state index in [0.717, 1.165) is 18.4 Å². The molecule has 4 rings (SSSR count). The number of carbonyl (C=O) groups excluding carboxylic acids is 1. The van der Waals surface area contributed by atoms with Crippen LogP contribution in [0.5, 0.6) is 0 Å². The first-order chi connectivity index (χ1) is 14.8. The lowest BCUT2D eigenvalue weighted by Gasteiger charge is -2.30. The molecule has 1 aliphatic heterocycles. The number of amides is 1. The van der Waals surface area contributed by atoms with E-state index in [1.165, 1.54) is 40.8 Å². The van der Waals surface area contributed by atoms with Gasteiger partial charge in [0.15, 0.2) is 0 Å². The van der Waals surface area contributed by atoms with Gasteiger partial charge in [-0.2, -0.15) is 0 Å². The molecule has 0 bridgehead atoms. The third-order valence-corrected chi connectivity index (χ3v) is 6.47. The fourth-order valence-corrected chi connectivity index (χ4v) is 4.76. The summed E-state index contributed by atoms with van der Waals surface area (Å²) in [6, 6.07) is 18.1. The predicted octanol–water partition coefficient (Wildman–Crippen LogP) is 2.71. The zero-order valence-electron chi connectivity index (χ0n) is 16.5. The molecule has 8 nitrogen and oxygen atoms in total. The van der Waals surface area contributed by atoms with Crippen LogP contribution in [0.4, 0.5) is 5.69 Å². The molecule has 0 atom stereocenters. The summed E-state index contributed by atoms with van der Waals surface area (Å²) in [4.78, 5) is 25.1. The normalized spacial score (nSPS) is 12.8. The highest BCUT2D eigenvalue weighted by atomic mass is 32.2. The first kappa shape index (κ1) is 22.0. The third-order valence-electron chi connectivity index (χ3n) is 4.66. The average Bonchev–Trinajstić information content (AvgIpc) is 2.79. The summed E-state index contributed by atoms with van der Waals surface area (Å²) in [7, 11) is -3.71. The number of fused-ring (bicyclic) bond motifs is 1. The van der Waals surface area contributed by atoms with Gasteiger partial charge in [-0.3, -0.25) is 9.10 Å². The zero-order chi connectivity index (χ0) is 22.4. The molecule has 0 saturated heterocycles. The SMILES string of the molecule is NC(=O)c1cccc(S(=O)(=O)N2CCCc3ccccc32)c1.O=C(O)c1ccccn1. The smallest absolute Gasteiger partial charge is 0.354 e. The molecule has 2 aromatic carbocycles. The molecule has 3 aromatic rings. The molecule has 1 amide bonds. The summed E-state index contributed by atoms with van der Waals surface area (Å²) < 4.78 is 27.2. The maximum absolute atomic E-state index is 12.9. The van der Waals surface area contributed by atoms with Gasteiger partial charge in [-0.25, -0.2) is 18.2 Å². The number of carboxylic acid groups (broad SMARTS) is 1. The lowest BCUT2D eigenvalue weighted by atomic mass is 10.0. The number of pyridine rings is 1. The molecule has 0 saturated carbocycles. The average molecular weight is 439 g/mol. The van der Waals surface area contributed by atoms with Gasteiger partial charge in [-0.05, 0) is 54.8 Å². The molecule has 31 heavy (non-hydrogen) atoms. The fourth-order valence-electron chi connectivity index (χ4n) is 3.18. The van der Waals surface area contributed by atoms with Crippen molar-refractivity contribution in [3.8, 4) is 0 Å². The van der Waals surface area contributed by atoms with Crippen LogP contribution in [-0.4, -0.2) is 36.9 Å². The Kier molecular flexibility index (Phi) is 6.66. The van der Waals surface area contributed by atoms with Crippen LogP contribution in [0.25, 0.3) is 0 Å². The first-order valence-electron chi connectivity index (χ1n) is 9.45. The second-order valence-corrected chi connectivity index (χ2v) is 8.58. The summed E-state index contributed by atoms with van der Waals surface area (Å²) in [5, 5.41) is 8.32. The molecule has 0 spiro atoms. The molecule has 1 aromatic heterocycles. The van der Waals surface area contributed by atoms with E-state index in [4.69, 9.17) is 10.8 Å². The Labute approximate surface area is 180 Å². The van der Waals surface area contributed by atoms with Crippen molar-refractivity contribution in [2.45, 2.75) is 17.7 Å². The van der Waals surface area contributed by atoms with Crippen molar-refractivity contribution >= 4 is 27.6 Å². The molecule has 1 aliphatic rings. The van der Waals surface area contributed by atoms with Crippen LogP contribution in [0.15, 0.2) is 77.8 Å². The number of aryl methyl sites for hydroxylation is 1. The Morgan fingerprint density at radius 2 is 1.74 bits per heavy atom. The Balaban J connectivity index is 0.000000254. The van der Waals surface area contributed by atoms with Gasteiger partial charge >= 0.3 is 5.97 Å². The number of carboxylic acids is 1. The van der Waals surface area contributed by atoms with Gasteiger partial charge < -0.3 is 10.8 Å². The number of sulfonamides is 1. The minimum Gasteiger partial charge on any atom is -0.477 e. The highest BCUT2D eigenvalue weighted by molar-refractivity contribution is 7.92. The van der Waals surface area contributed by atoms with E-state index in [2.05, 4.69) is 4.98 Å². The predicted molar refractivity (Wildman–Crippen MR) is 115 cm³/mol. The summed E-state index contributed by atoms with van der Waals surface area (Å²) in [5.41, 5.74) is 7.22. The van der Waals surface area contributed by atoms with Crippen molar-refractivity contribution in [1.82, 2.24) is 4.98 Å². The molecule has 0 fully saturated rings. The van der Waals surface area contributed by atoms with E-state index in [0.29, 0.717) is 12.2 Å². The Morgan fingerprint density at radius 3 is 2.39 bits per heavy atom. The van der Waals surface area contributed by atoms with E-state index < -0.39 is 21.9 Å². The van der Waals surface area contributed by atoms with E-state index in [-0.39, 0.29) is 16.2 Å². The van der Waals surface area contributed by atoms with Crippen LogP contribution >= 0.6 is 0 Å². The van der Waals surface area contributed by atoms with E-state index in [1.54, 1.807) is 12.1 Å². The number of nitrogens with zero attached hydrogens (tertiary/aromatic N) is 2. The number of hydrogen-bond acceptors (Lipinski definition) is 5. The van der Waals surface area contributed by atoms with E-state index in [1.807, 2.05) is 24.3 Å². The summed E-state index contributed by atoms with van der Waals surface area (Å²) in [5.74, 6) is -1.63. The number of nitrogens with two attached hydrogens (primary N) is 1. The number of anilines is 1. The van der Waals surface area contributed by atoms with Crippen LogP contribution in [-0.2, 0) is 16.4 Å². The lowest BCUT2D eigenvalue weighted by molar-refractivity contribution is 0.0690. The number of hydrogen-bond donors (Lipinski definition) is 2. The van der Waals surface area contributed by atoms with Gasteiger partial charge in [-0.15, -0.1) is 0 Å². The van der Waals surface area contributed by atoms with Crippen LogP contribution in [0.3, 0.4) is 0 Å². The van der Waals surface area contributed by atoms with Crippen LogP contribution in [0.2, 0.25) is 0 Å². The number of para-hydroxylation sites is 1. The summed E-state index contributed by atoms with van der Waals surface area (Å²) >= 11 is 0. The van der Waals surface area contributed by atoms with Crippen molar-refractivity contribution in [2.24, 2.45) is 5.73 Å². The topological polar surface area (TPSA) is 131 Å². The second kappa shape index (κ2) is 9.40. The van der Waals surface area contributed by atoms with Gasteiger partial charge in [0.1, 0.15) is 5.69 Å². The molecule has 9 heteroatoms. The Bertz CT molecular complexity index is 1200. The fraction of sp³-hybridized carbons (Fsp3) is 0.136. The van der Waals surface area contributed by atoms with Gasteiger partial charge in [0.25, 0.3) is 10.0 Å². The highest BCUT2D eigenvalue weighted by Gasteiger charge is 2.29. The highest BCUT2D eigenvalue weighted by Crippen LogP contribution is 2.31. The molecule has 0 unspecified atom stereocenters. The van der Waals surface area contributed by atoms with Crippen LogP contribution in [0, 0.1) is 0 Å². The number of primary amides is 1. The first-order valence-corrected chi connectivity index (χ1v) is 10.9.